The number of nitrogens with zero attached hydrogens (tertiary/aromatic N) is 1. The van der Waals surface area contributed by atoms with Crippen LogP contribution in [0.3, 0.4) is 0 Å². The van der Waals surface area contributed by atoms with Gasteiger partial charge < -0.3 is 10.2 Å². The Kier molecular flexibility index (Phi) is 6.22. The molecule has 1 atom stereocenters. The van der Waals surface area contributed by atoms with Crippen LogP contribution in [0, 0.1) is 0 Å². The Bertz CT molecular complexity index is 260. The number of rotatable bonds is 6. The van der Waals surface area contributed by atoms with Gasteiger partial charge in [0.15, 0.2) is 0 Å². The van der Waals surface area contributed by atoms with E-state index in [1.807, 2.05) is 0 Å². The van der Waals surface area contributed by atoms with E-state index >= 15 is 0 Å². The first-order chi connectivity index (χ1) is 8.86. The molecule has 0 spiro atoms. The van der Waals surface area contributed by atoms with E-state index in [2.05, 4.69) is 23.3 Å². The second-order valence-electron chi connectivity index (χ2n) is 6.03. The topological polar surface area (TPSA) is 15.3 Å². The van der Waals surface area contributed by atoms with Crippen LogP contribution in [-0.4, -0.2) is 37.6 Å². The Hall–Kier alpha value is -0.340. The fraction of sp³-hybridized carbons (Fsp3) is 0.875. The zero-order valence-electron chi connectivity index (χ0n) is 12.1. The van der Waals surface area contributed by atoms with E-state index in [0.717, 1.165) is 6.04 Å². The van der Waals surface area contributed by atoms with Crippen molar-refractivity contribution in [1.29, 1.82) is 0 Å². The molecule has 1 saturated heterocycles. The highest BCUT2D eigenvalue weighted by atomic mass is 15.1. The number of likely N-dealkylation sites (tertiary alicyclic amines) is 1. The molecule has 1 N–H and O–H groups in total. The number of hydrogen-bond donors (Lipinski definition) is 1. The van der Waals surface area contributed by atoms with Crippen LogP contribution in [0.1, 0.15) is 57.8 Å². The third kappa shape index (κ3) is 4.74. The van der Waals surface area contributed by atoms with Crippen molar-refractivity contribution in [2.45, 2.75) is 63.8 Å². The Balaban J connectivity index is 1.51. The van der Waals surface area contributed by atoms with Gasteiger partial charge in [-0.3, -0.25) is 0 Å². The Morgan fingerprint density at radius 1 is 1.22 bits per heavy atom. The maximum absolute atomic E-state index is 3.63. The average molecular weight is 250 g/mol. The normalized spacial score (nSPS) is 26.1. The molecule has 1 unspecified atom stereocenters. The predicted molar refractivity (Wildman–Crippen MR) is 78.9 cm³/mol. The SMILES string of the molecule is CN1CCCCC1CCNCCC1=CCCCC1. The molecule has 2 heteroatoms. The molecule has 0 aromatic rings. The second-order valence-corrected chi connectivity index (χ2v) is 6.03. The van der Waals surface area contributed by atoms with Gasteiger partial charge in [-0.1, -0.05) is 18.1 Å². The molecule has 2 nitrogen and oxygen atoms in total. The molecule has 18 heavy (non-hydrogen) atoms. The van der Waals surface area contributed by atoms with Gasteiger partial charge in [0.2, 0.25) is 0 Å². The molecule has 1 fully saturated rings. The van der Waals surface area contributed by atoms with E-state index in [9.17, 15) is 0 Å². The summed E-state index contributed by atoms with van der Waals surface area (Å²) in [7, 11) is 2.29. The summed E-state index contributed by atoms with van der Waals surface area (Å²) < 4.78 is 0. The van der Waals surface area contributed by atoms with Crippen molar-refractivity contribution in [2.75, 3.05) is 26.7 Å². The third-order valence-corrected chi connectivity index (χ3v) is 4.58. The lowest BCUT2D eigenvalue weighted by Gasteiger charge is -2.32. The van der Waals surface area contributed by atoms with E-state index in [1.165, 1.54) is 77.4 Å². The van der Waals surface area contributed by atoms with E-state index in [1.54, 1.807) is 5.57 Å². The van der Waals surface area contributed by atoms with Crippen molar-refractivity contribution in [3.05, 3.63) is 11.6 Å². The number of nitrogens with one attached hydrogen (secondary N) is 1. The lowest BCUT2D eigenvalue weighted by atomic mass is 9.97. The largest absolute Gasteiger partial charge is 0.316 e. The Morgan fingerprint density at radius 2 is 2.17 bits per heavy atom. The lowest BCUT2D eigenvalue weighted by molar-refractivity contribution is 0.175. The second kappa shape index (κ2) is 7.96. The zero-order chi connectivity index (χ0) is 12.6. The standard InChI is InChI=1S/C16H30N2/c1-18-14-6-5-9-16(18)11-13-17-12-10-15-7-3-2-4-8-15/h7,16-17H,2-6,8-14H2,1H3. The quantitative estimate of drug-likeness (QED) is 0.574. The molecule has 0 saturated carbocycles. The maximum atomic E-state index is 3.63. The molecule has 0 bridgehead atoms. The fourth-order valence-electron chi connectivity index (χ4n) is 3.28. The molecule has 0 aromatic heterocycles. The molecule has 1 aliphatic carbocycles. The van der Waals surface area contributed by atoms with Crippen LogP contribution in [0.5, 0.6) is 0 Å². The molecular formula is C16H30N2. The molecule has 0 amide bonds. The highest BCUT2D eigenvalue weighted by Crippen LogP contribution is 2.19. The van der Waals surface area contributed by atoms with E-state index < -0.39 is 0 Å². The summed E-state index contributed by atoms with van der Waals surface area (Å²) in [6.07, 6.45) is 14.8. The van der Waals surface area contributed by atoms with Gasteiger partial charge in [-0.25, -0.2) is 0 Å². The van der Waals surface area contributed by atoms with Gasteiger partial charge in [-0.05, 0) is 78.0 Å². The van der Waals surface area contributed by atoms with Crippen molar-refractivity contribution in [3.8, 4) is 0 Å². The molecule has 1 aliphatic heterocycles. The maximum Gasteiger partial charge on any atom is 0.0104 e. The van der Waals surface area contributed by atoms with Crippen LogP contribution in [0.25, 0.3) is 0 Å². The van der Waals surface area contributed by atoms with Gasteiger partial charge in [0.25, 0.3) is 0 Å². The van der Waals surface area contributed by atoms with Crippen LogP contribution in [0.15, 0.2) is 11.6 Å². The van der Waals surface area contributed by atoms with Crippen LogP contribution in [-0.2, 0) is 0 Å². The number of allylic oxidation sites excluding steroid dienone is 1. The van der Waals surface area contributed by atoms with Gasteiger partial charge in [0.1, 0.15) is 0 Å². The van der Waals surface area contributed by atoms with Gasteiger partial charge >= 0.3 is 0 Å². The van der Waals surface area contributed by atoms with E-state index in [-0.39, 0.29) is 0 Å². The van der Waals surface area contributed by atoms with Crippen molar-refractivity contribution in [1.82, 2.24) is 10.2 Å². The van der Waals surface area contributed by atoms with Crippen LogP contribution >= 0.6 is 0 Å². The third-order valence-electron chi connectivity index (χ3n) is 4.58. The zero-order valence-corrected chi connectivity index (χ0v) is 12.1. The van der Waals surface area contributed by atoms with Gasteiger partial charge in [0.05, 0.1) is 0 Å². The monoisotopic (exact) mass is 250 g/mol. The van der Waals surface area contributed by atoms with Crippen LogP contribution in [0.2, 0.25) is 0 Å². The fourth-order valence-corrected chi connectivity index (χ4v) is 3.28. The summed E-state index contributed by atoms with van der Waals surface area (Å²) in [5.74, 6) is 0. The molecule has 2 rings (SSSR count). The highest BCUT2D eigenvalue weighted by Gasteiger charge is 2.17. The first-order valence-corrected chi connectivity index (χ1v) is 7.95. The minimum Gasteiger partial charge on any atom is -0.316 e. The smallest absolute Gasteiger partial charge is 0.0104 e. The summed E-state index contributed by atoms with van der Waals surface area (Å²) in [6.45, 7) is 3.68. The van der Waals surface area contributed by atoms with E-state index in [0.29, 0.717) is 0 Å². The summed E-state index contributed by atoms with van der Waals surface area (Å²) >= 11 is 0. The van der Waals surface area contributed by atoms with Gasteiger partial charge in [-0.2, -0.15) is 0 Å². The molecule has 1 heterocycles. The molecule has 2 aliphatic rings. The van der Waals surface area contributed by atoms with Crippen molar-refractivity contribution >= 4 is 0 Å². The van der Waals surface area contributed by atoms with Crippen molar-refractivity contribution in [2.24, 2.45) is 0 Å². The Labute approximate surface area is 113 Å². The summed E-state index contributed by atoms with van der Waals surface area (Å²) in [4.78, 5) is 2.55. The summed E-state index contributed by atoms with van der Waals surface area (Å²) in [5.41, 5.74) is 1.70. The number of hydrogen-bond acceptors (Lipinski definition) is 2. The van der Waals surface area contributed by atoms with Gasteiger partial charge in [-0.15, -0.1) is 0 Å². The summed E-state index contributed by atoms with van der Waals surface area (Å²) in [6, 6.07) is 0.833. The molecule has 0 radical (unpaired) electrons. The number of piperidine rings is 1. The van der Waals surface area contributed by atoms with Crippen LogP contribution < -0.4 is 5.32 Å². The van der Waals surface area contributed by atoms with Crippen molar-refractivity contribution < 1.29 is 0 Å². The molecule has 104 valence electrons. The minimum atomic E-state index is 0.833. The van der Waals surface area contributed by atoms with Crippen LogP contribution in [0.4, 0.5) is 0 Å². The first-order valence-electron chi connectivity index (χ1n) is 7.95. The highest BCUT2D eigenvalue weighted by molar-refractivity contribution is 5.05. The first kappa shape index (κ1) is 14.1. The van der Waals surface area contributed by atoms with Crippen molar-refractivity contribution in [3.63, 3.8) is 0 Å². The minimum absolute atomic E-state index is 0.833. The summed E-state index contributed by atoms with van der Waals surface area (Å²) in [5, 5.41) is 3.63. The lowest BCUT2D eigenvalue weighted by Crippen LogP contribution is -2.38. The molecule has 0 aromatic carbocycles. The predicted octanol–water partition coefficient (Wildman–Crippen LogP) is 3.34. The Morgan fingerprint density at radius 3 is 2.94 bits per heavy atom. The van der Waals surface area contributed by atoms with Gasteiger partial charge in [0, 0.05) is 6.04 Å². The molecular weight excluding hydrogens is 220 g/mol. The van der Waals surface area contributed by atoms with E-state index in [4.69, 9.17) is 0 Å². The average Bonchev–Trinajstić information content (AvgIpc) is 2.42.